The molecule has 2 aliphatic rings. The molecule has 0 amide bonds. The number of para-hydroxylation sites is 1. The van der Waals surface area contributed by atoms with Crippen molar-refractivity contribution >= 4 is 56.8 Å². The molecule has 98 heavy (non-hydrogen) atoms. The maximum absolute atomic E-state index is 13.9. The second kappa shape index (κ2) is 41.4. The van der Waals surface area contributed by atoms with E-state index in [0.717, 1.165) is 141 Å². The van der Waals surface area contributed by atoms with E-state index in [0.29, 0.717) is 113 Å². The third kappa shape index (κ3) is 25.2. The molecule has 0 N–H and O–H groups in total. The fourth-order valence-electron chi connectivity index (χ4n) is 11.9. The minimum absolute atomic E-state index is 0.0378. The van der Waals surface area contributed by atoms with Crippen LogP contribution in [0.25, 0.3) is 10.2 Å². The standard InChI is InChI=1S/C80H95N3O14S/c1-3-75(84)90-54-24-11-9-22-52-88-66-41-45-69(46-42-66)94-68-39-37-64(38-40-68)79(87)96-71-49-50-73(97-93-59-60-33-35-63(36-34-60)78(86)95-70-47-43-67(44-48-70)89-53-23-10-12-25-55-91-76(85)4-2)65(57-71)58-81-83(80-82-72-31-19-20-32-74(72)98-80)51-21-7-5-6-8-26-56-92-77(61-27-15-13-16-28-61)62-29-17-14-18-30-62/h3-4,13-20,27-32,41-50,57-58,60,63-64,68,77H,1-2,5-12,21-26,33-40,51-56,59H2/b81-58+. The average molecular weight is 1350 g/mol. The number of thiazole rings is 1. The number of nitrogens with zero attached hydrogens (tertiary/aromatic N) is 3. The highest BCUT2D eigenvalue weighted by Gasteiger charge is 2.31. The Morgan fingerprint density at radius 1 is 0.520 bits per heavy atom. The first-order chi connectivity index (χ1) is 48.2. The van der Waals surface area contributed by atoms with Gasteiger partial charge in [-0.25, -0.2) is 19.6 Å². The van der Waals surface area contributed by atoms with Crippen molar-refractivity contribution in [3.05, 3.63) is 194 Å². The first kappa shape index (κ1) is 73.4. The Hall–Kier alpha value is -8.84. The van der Waals surface area contributed by atoms with Crippen LogP contribution in [0.4, 0.5) is 5.13 Å². The van der Waals surface area contributed by atoms with Gasteiger partial charge in [-0.05, 0) is 211 Å². The Labute approximate surface area is 581 Å². The lowest BCUT2D eigenvalue weighted by Crippen LogP contribution is -2.30. The number of ether oxygens (including phenoxy) is 8. The van der Waals surface area contributed by atoms with Crippen LogP contribution in [-0.2, 0) is 38.3 Å². The van der Waals surface area contributed by atoms with Crippen LogP contribution in [0.1, 0.15) is 164 Å². The van der Waals surface area contributed by atoms with Gasteiger partial charge in [0.2, 0.25) is 5.13 Å². The van der Waals surface area contributed by atoms with E-state index in [1.54, 1.807) is 47.9 Å². The van der Waals surface area contributed by atoms with Crippen LogP contribution in [0.2, 0.25) is 0 Å². The summed E-state index contributed by atoms with van der Waals surface area (Å²) >= 11 is 1.59. The van der Waals surface area contributed by atoms with Crippen molar-refractivity contribution < 1.29 is 66.8 Å². The van der Waals surface area contributed by atoms with Gasteiger partial charge in [0.1, 0.15) is 34.9 Å². The Bertz CT molecular complexity index is 3480. The number of unbranched alkanes of at least 4 members (excludes halogenated alkanes) is 11. The van der Waals surface area contributed by atoms with E-state index in [1.807, 2.05) is 71.7 Å². The molecule has 7 aromatic rings. The SMILES string of the molecule is C=CC(=O)OCCCCCCOc1ccc(OC(=O)C2CCC(COOc3ccc(OC(=O)C4CCC(Oc5ccc(OCCCCCCOC(=O)C=C)cc5)CC4)cc3/C=N/N(CCCCCCCCOC(c3ccccc3)c3ccccc3)c3nc4ccccc4s3)CC2)cc1. The number of fused-ring (bicyclic) bond motifs is 1. The van der Waals surface area contributed by atoms with Crippen LogP contribution in [0.5, 0.6) is 34.5 Å². The van der Waals surface area contributed by atoms with E-state index in [4.69, 9.17) is 57.8 Å². The lowest BCUT2D eigenvalue weighted by atomic mass is 9.82. The molecule has 0 unspecified atom stereocenters. The molecule has 0 bridgehead atoms. The molecule has 1 aromatic heterocycles. The maximum atomic E-state index is 13.9. The quantitative estimate of drug-likeness (QED) is 0.00667. The van der Waals surface area contributed by atoms with E-state index in [9.17, 15) is 19.2 Å². The maximum Gasteiger partial charge on any atom is 0.330 e. The molecule has 2 saturated carbocycles. The van der Waals surface area contributed by atoms with Gasteiger partial charge in [-0.3, -0.25) is 9.59 Å². The Balaban J connectivity index is 0.767. The number of benzene rings is 6. The molecular formula is C80H95N3O14S. The zero-order valence-electron chi connectivity index (χ0n) is 56.4. The van der Waals surface area contributed by atoms with Crippen LogP contribution >= 0.6 is 11.3 Å². The van der Waals surface area contributed by atoms with Crippen molar-refractivity contribution in [1.82, 2.24) is 4.98 Å². The molecule has 0 spiro atoms. The predicted octanol–water partition coefficient (Wildman–Crippen LogP) is 17.9. The molecule has 0 atom stereocenters. The fraction of sp³-hybridized carbons (Fsp3) is 0.425. The second-order valence-corrected chi connectivity index (χ2v) is 26.0. The summed E-state index contributed by atoms with van der Waals surface area (Å²) in [5, 5.41) is 7.81. The van der Waals surface area contributed by atoms with Crippen molar-refractivity contribution in [1.29, 1.82) is 0 Å². The molecule has 2 aliphatic carbocycles. The van der Waals surface area contributed by atoms with Gasteiger partial charge in [0, 0.05) is 30.9 Å². The molecule has 520 valence electrons. The van der Waals surface area contributed by atoms with Crippen LogP contribution in [0, 0.1) is 17.8 Å². The number of rotatable bonds is 43. The molecule has 6 aromatic carbocycles. The highest BCUT2D eigenvalue weighted by Crippen LogP contribution is 2.35. The smallest absolute Gasteiger partial charge is 0.330 e. The molecule has 18 heteroatoms. The normalized spacial score (nSPS) is 16.1. The van der Waals surface area contributed by atoms with Crippen molar-refractivity contribution in [2.24, 2.45) is 22.9 Å². The van der Waals surface area contributed by atoms with E-state index >= 15 is 0 Å². The number of hydrazone groups is 1. The summed E-state index contributed by atoms with van der Waals surface area (Å²) in [6, 6.07) is 49.0. The minimum atomic E-state index is -0.401. The predicted molar refractivity (Wildman–Crippen MR) is 382 cm³/mol. The van der Waals surface area contributed by atoms with Crippen LogP contribution in [-0.4, -0.2) is 87.4 Å². The topological polar surface area (TPSA) is 189 Å². The molecule has 2 fully saturated rings. The van der Waals surface area contributed by atoms with Crippen LogP contribution in [0.3, 0.4) is 0 Å². The van der Waals surface area contributed by atoms with Crippen LogP contribution in [0.15, 0.2) is 182 Å². The van der Waals surface area contributed by atoms with Gasteiger partial charge in [-0.1, -0.05) is 123 Å². The lowest BCUT2D eigenvalue weighted by Gasteiger charge is -2.28. The van der Waals surface area contributed by atoms with E-state index in [2.05, 4.69) is 67.8 Å². The zero-order valence-corrected chi connectivity index (χ0v) is 57.3. The summed E-state index contributed by atoms with van der Waals surface area (Å²) in [6.45, 7) is 10.4. The monoisotopic (exact) mass is 1350 g/mol. The van der Waals surface area contributed by atoms with Crippen molar-refractivity contribution in [2.75, 3.05) is 51.2 Å². The number of anilines is 1. The molecule has 17 nitrogen and oxygen atoms in total. The van der Waals surface area contributed by atoms with Gasteiger partial charge in [0.05, 0.1) is 67.4 Å². The van der Waals surface area contributed by atoms with Gasteiger partial charge >= 0.3 is 23.9 Å². The van der Waals surface area contributed by atoms with E-state index in [-0.39, 0.29) is 41.9 Å². The van der Waals surface area contributed by atoms with Gasteiger partial charge in [0.25, 0.3) is 0 Å². The molecule has 0 radical (unpaired) electrons. The minimum Gasteiger partial charge on any atom is -0.494 e. The molecule has 9 rings (SSSR count). The Kier molecular flexibility index (Phi) is 31.0. The number of aromatic nitrogens is 1. The largest absolute Gasteiger partial charge is 0.494 e. The molecule has 1 heterocycles. The lowest BCUT2D eigenvalue weighted by molar-refractivity contribution is -0.218. The second-order valence-electron chi connectivity index (χ2n) is 25.0. The van der Waals surface area contributed by atoms with Gasteiger partial charge in [-0.15, -0.1) is 0 Å². The summed E-state index contributed by atoms with van der Waals surface area (Å²) < 4.78 is 47.8. The number of hydrogen-bond acceptors (Lipinski definition) is 18. The van der Waals surface area contributed by atoms with Crippen LogP contribution < -0.4 is 33.6 Å². The van der Waals surface area contributed by atoms with Crippen molar-refractivity contribution in [3.63, 3.8) is 0 Å². The average Bonchev–Trinajstić information content (AvgIpc) is 1.74. The Morgan fingerprint density at radius 2 is 1.01 bits per heavy atom. The van der Waals surface area contributed by atoms with Crippen molar-refractivity contribution in [3.8, 4) is 34.5 Å². The summed E-state index contributed by atoms with van der Waals surface area (Å²) in [6.07, 6.45) is 22.7. The van der Waals surface area contributed by atoms with E-state index < -0.39 is 11.9 Å². The van der Waals surface area contributed by atoms with Gasteiger partial charge in [0.15, 0.2) is 5.75 Å². The number of hydrogen-bond donors (Lipinski definition) is 0. The van der Waals surface area contributed by atoms with Gasteiger partial charge in [-0.2, -0.15) is 9.99 Å². The summed E-state index contributed by atoms with van der Waals surface area (Å²) in [5.41, 5.74) is 3.77. The first-order valence-corrected chi connectivity index (χ1v) is 35.9. The first-order valence-electron chi connectivity index (χ1n) is 35.1. The highest BCUT2D eigenvalue weighted by molar-refractivity contribution is 7.22. The summed E-state index contributed by atoms with van der Waals surface area (Å²) in [7, 11) is 0. The third-order valence-electron chi connectivity index (χ3n) is 17.5. The highest BCUT2D eigenvalue weighted by atomic mass is 32.1. The summed E-state index contributed by atoms with van der Waals surface area (Å²) in [4.78, 5) is 66.9. The fourth-order valence-corrected chi connectivity index (χ4v) is 12.9. The van der Waals surface area contributed by atoms with Crippen molar-refractivity contribution in [2.45, 2.75) is 153 Å². The molecule has 0 aliphatic heterocycles. The van der Waals surface area contributed by atoms with E-state index in [1.165, 1.54) is 12.2 Å². The molecule has 0 saturated heterocycles. The number of carbonyl (C=O) groups is 4. The third-order valence-corrected chi connectivity index (χ3v) is 18.6. The number of carbonyl (C=O) groups excluding carboxylic acids is 4. The zero-order chi connectivity index (χ0) is 68.2. The summed E-state index contributed by atoms with van der Waals surface area (Å²) in [5.74, 6) is 1.75. The number of esters is 4. The molecular weight excluding hydrogens is 1260 g/mol. The Morgan fingerprint density at radius 3 is 1.59 bits per heavy atom. The van der Waals surface area contributed by atoms with Gasteiger partial charge < -0.3 is 42.8 Å².